The largest absolute Gasteiger partial charge is 0.478 e. The van der Waals surface area contributed by atoms with Crippen LogP contribution in [0.5, 0.6) is 0 Å². The number of thiazole rings is 1. The SMILES string of the molecule is Cc1ccc(S(=O)(=O)NCCc2csc(-c3ccc(Cl)cc3)n2)cc1C(=O)O.[HH]. The molecule has 0 saturated heterocycles. The Labute approximate surface area is 173 Å². The van der Waals surface area contributed by atoms with E-state index in [9.17, 15) is 13.2 Å². The van der Waals surface area contributed by atoms with Crippen LogP contribution in [0.1, 0.15) is 23.0 Å². The van der Waals surface area contributed by atoms with E-state index in [4.69, 9.17) is 16.7 Å². The molecule has 2 N–H and O–H groups in total. The maximum absolute atomic E-state index is 12.4. The van der Waals surface area contributed by atoms with Gasteiger partial charge in [-0.15, -0.1) is 11.3 Å². The molecule has 0 saturated carbocycles. The molecule has 1 heterocycles. The predicted molar refractivity (Wildman–Crippen MR) is 112 cm³/mol. The highest BCUT2D eigenvalue weighted by Gasteiger charge is 2.17. The van der Waals surface area contributed by atoms with Crippen molar-refractivity contribution in [3.05, 3.63) is 69.7 Å². The summed E-state index contributed by atoms with van der Waals surface area (Å²) in [6, 6.07) is 11.4. The van der Waals surface area contributed by atoms with Crippen molar-refractivity contribution >= 4 is 38.9 Å². The Hall–Kier alpha value is -2.26. The van der Waals surface area contributed by atoms with Gasteiger partial charge in [0.2, 0.25) is 10.0 Å². The number of sulfonamides is 1. The van der Waals surface area contributed by atoms with Crippen molar-refractivity contribution in [3.8, 4) is 10.6 Å². The van der Waals surface area contributed by atoms with E-state index in [-0.39, 0.29) is 18.4 Å². The summed E-state index contributed by atoms with van der Waals surface area (Å²) in [5.74, 6) is -1.16. The summed E-state index contributed by atoms with van der Waals surface area (Å²) >= 11 is 7.36. The van der Waals surface area contributed by atoms with Gasteiger partial charge >= 0.3 is 5.97 Å². The number of benzene rings is 2. The maximum Gasteiger partial charge on any atom is 0.335 e. The van der Waals surface area contributed by atoms with E-state index in [1.54, 1.807) is 19.1 Å². The first-order valence-electron chi connectivity index (χ1n) is 8.30. The van der Waals surface area contributed by atoms with Crippen LogP contribution in [0.15, 0.2) is 52.7 Å². The zero-order chi connectivity index (χ0) is 20.3. The van der Waals surface area contributed by atoms with Crippen LogP contribution in [-0.2, 0) is 16.4 Å². The Bertz CT molecular complexity index is 1120. The topological polar surface area (TPSA) is 96.4 Å². The molecular formula is C19H19ClN2O4S2. The monoisotopic (exact) mass is 438 g/mol. The van der Waals surface area contributed by atoms with E-state index < -0.39 is 16.0 Å². The van der Waals surface area contributed by atoms with E-state index in [1.165, 1.54) is 29.5 Å². The first kappa shape index (κ1) is 20.5. The van der Waals surface area contributed by atoms with E-state index in [0.29, 0.717) is 17.0 Å². The number of halogens is 1. The number of nitrogens with one attached hydrogen (secondary N) is 1. The van der Waals surface area contributed by atoms with Gasteiger partial charge < -0.3 is 5.11 Å². The first-order chi connectivity index (χ1) is 13.3. The number of aryl methyl sites for hydroxylation is 1. The normalized spacial score (nSPS) is 11.5. The van der Waals surface area contributed by atoms with Crippen molar-refractivity contribution in [3.63, 3.8) is 0 Å². The van der Waals surface area contributed by atoms with Crippen LogP contribution in [-0.4, -0.2) is 31.0 Å². The summed E-state index contributed by atoms with van der Waals surface area (Å²) in [5.41, 5.74) is 2.19. The molecule has 0 fully saturated rings. The zero-order valence-electron chi connectivity index (χ0n) is 14.8. The molecule has 0 amide bonds. The van der Waals surface area contributed by atoms with Crippen molar-refractivity contribution in [2.75, 3.05) is 6.54 Å². The van der Waals surface area contributed by atoms with E-state index in [1.807, 2.05) is 17.5 Å². The van der Waals surface area contributed by atoms with Gasteiger partial charge in [-0.2, -0.15) is 0 Å². The second kappa shape index (κ2) is 8.40. The molecule has 0 aliphatic heterocycles. The van der Waals surface area contributed by atoms with Crippen LogP contribution < -0.4 is 4.72 Å². The molecule has 2 aromatic carbocycles. The summed E-state index contributed by atoms with van der Waals surface area (Å²) in [6.07, 6.45) is 0.418. The lowest BCUT2D eigenvalue weighted by Gasteiger charge is -2.08. The minimum atomic E-state index is -3.81. The van der Waals surface area contributed by atoms with Gasteiger partial charge in [-0.1, -0.05) is 29.8 Å². The van der Waals surface area contributed by atoms with E-state index in [0.717, 1.165) is 16.3 Å². The van der Waals surface area contributed by atoms with Crippen molar-refractivity contribution in [2.45, 2.75) is 18.2 Å². The average Bonchev–Trinajstić information content (AvgIpc) is 3.11. The number of rotatable bonds is 7. The molecular weight excluding hydrogens is 420 g/mol. The fourth-order valence-electron chi connectivity index (χ4n) is 2.54. The molecule has 3 aromatic rings. The van der Waals surface area contributed by atoms with Gasteiger partial charge in [0.1, 0.15) is 5.01 Å². The van der Waals surface area contributed by atoms with Gasteiger partial charge in [-0.3, -0.25) is 0 Å². The molecule has 0 aliphatic carbocycles. The van der Waals surface area contributed by atoms with Gasteiger partial charge in [0, 0.05) is 30.4 Å². The van der Waals surface area contributed by atoms with Crippen molar-refractivity contribution in [2.24, 2.45) is 0 Å². The van der Waals surface area contributed by atoms with Gasteiger partial charge in [0.05, 0.1) is 16.2 Å². The molecule has 148 valence electrons. The van der Waals surface area contributed by atoms with Gasteiger partial charge in [-0.05, 0) is 36.8 Å². The second-order valence-corrected chi connectivity index (χ2v) is 9.14. The number of aromatic carboxylic acids is 1. The molecule has 3 rings (SSSR count). The van der Waals surface area contributed by atoms with Crippen LogP contribution >= 0.6 is 22.9 Å². The third-order valence-corrected chi connectivity index (χ3v) is 6.72. The van der Waals surface area contributed by atoms with Crippen LogP contribution in [0.3, 0.4) is 0 Å². The summed E-state index contributed by atoms with van der Waals surface area (Å²) in [5, 5.41) is 12.5. The zero-order valence-corrected chi connectivity index (χ0v) is 17.2. The van der Waals surface area contributed by atoms with Crippen LogP contribution in [0.2, 0.25) is 5.02 Å². The van der Waals surface area contributed by atoms with Gasteiger partial charge in [0.15, 0.2) is 0 Å². The highest BCUT2D eigenvalue weighted by molar-refractivity contribution is 7.89. The quantitative estimate of drug-likeness (QED) is 0.575. The molecule has 0 aliphatic rings. The maximum atomic E-state index is 12.4. The number of aromatic nitrogens is 1. The Kier molecular flexibility index (Phi) is 6.14. The number of carboxylic acids is 1. The fourth-order valence-corrected chi connectivity index (χ4v) is 4.59. The molecule has 28 heavy (non-hydrogen) atoms. The molecule has 0 radical (unpaired) electrons. The third-order valence-electron chi connectivity index (χ3n) is 4.07. The van der Waals surface area contributed by atoms with Gasteiger partial charge in [0.25, 0.3) is 0 Å². The molecule has 6 nitrogen and oxygen atoms in total. The molecule has 0 atom stereocenters. The summed E-state index contributed by atoms with van der Waals surface area (Å²) < 4.78 is 27.4. The number of nitrogens with zero attached hydrogens (tertiary/aromatic N) is 1. The van der Waals surface area contributed by atoms with Crippen LogP contribution in [0.4, 0.5) is 0 Å². The van der Waals surface area contributed by atoms with E-state index >= 15 is 0 Å². The minimum absolute atomic E-state index is 0. The smallest absolute Gasteiger partial charge is 0.335 e. The second-order valence-electron chi connectivity index (χ2n) is 6.08. The highest BCUT2D eigenvalue weighted by atomic mass is 35.5. The number of hydrogen-bond acceptors (Lipinski definition) is 5. The van der Waals surface area contributed by atoms with Crippen LogP contribution in [0, 0.1) is 6.92 Å². The summed E-state index contributed by atoms with van der Waals surface area (Å²) in [7, 11) is -3.81. The number of hydrogen-bond donors (Lipinski definition) is 2. The minimum Gasteiger partial charge on any atom is -0.478 e. The summed E-state index contributed by atoms with van der Waals surface area (Å²) in [4.78, 5) is 15.6. The average molecular weight is 439 g/mol. The molecule has 9 heteroatoms. The molecule has 1 aromatic heterocycles. The Morgan fingerprint density at radius 2 is 1.96 bits per heavy atom. The van der Waals surface area contributed by atoms with Crippen molar-refractivity contribution in [1.82, 2.24) is 9.71 Å². The van der Waals surface area contributed by atoms with Crippen LogP contribution in [0.25, 0.3) is 10.6 Å². The Balaban J connectivity index is 0.00000300. The lowest BCUT2D eigenvalue weighted by molar-refractivity contribution is 0.0696. The van der Waals surface area contributed by atoms with Gasteiger partial charge in [-0.25, -0.2) is 22.9 Å². The lowest BCUT2D eigenvalue weighted by Crippen LogP contribution is -2.26. The number of carboxylic acid groups (broad SMARTS) is 1. The van der Waals surface area contributed by atoms with Crippen molar-refractivity contribution < 1.29 is 19.7 Å². The first-order valence-corrected chi connectivity index (χ1v) is 11.0. The Morgan fingerprint density at radius 3 is 2.64 bits per heavy atom. The highest BCUT2D eigenvalue weighted by Crippen LogP contribution is 2.25. The molecule has 0 spiro atoms. The third kappa shape index (κ3) is 4.77. The fraction of sp³-hybridized carbons (Fsp3) is 0.158. The van der Waals surface area contributed by atoms with Crippen molar-refractivity contribution in [1.29, 1.82) is 0 Å². The summed E-state index contributed by atoms with van der Waals surface area (Å²) in [6.45, 7) is 1.77. The molecule has 0 unspecified atom stereocenters. The lowest BCUT2D eigenvalue weighted by atomic mass is 10.1. The predicted octanol–water partition coefficient (Wildman–Crippen LogP) is 4.24. The van der Waals surface area contributed by atoms with E-state index in [2.05, 4.69) is 9.71 Å². The molecule has 0 bridgehead atoms. The standard InChI is InChI=1S/C19H17ClN2O4S2.H2/c1-12-2-7-16(10-17(12)19(23)24)28(25,26)21-9-8-15-11-27-18(22-15)13-3-5-14(20)6-4-13;/h2-7,10-11,21H,8-9H2,1H3,(H,23,24);1H. The number of carbonyl (C=O) groups is 1. The Morgan fingerprint density at radius 1 is 1.25 bits per heavy atom.